The molecule has 162 valence electrons. The van der Waals surface area contributed by atoms with E-state index in [2.05, 4.69) is 20.7 Å². The van der Waals surface area contributed by atoms with Crippen LogP contribution in [0.1, 0.15) is 5.56 Å². The Bertz CT molecular complexity index is 1070. The van der Waals surface area contributed by atoms with Crippen LogP contribution in [-0.2, 0) is 17.9 Å². The molecule has 0 spiro atoms. The van der Waals surface area contributed by atoms with Gasteiger partial charge in [-0.1, -0.05) is 6.07 Å². The lowest BCUT2D eigenvalue weighted by molar-refractivity contribution is -0.122. The van der Waals surface area contributed by atoms with Crippen LogP contribution in [0.2, 0.25) is 0 Å². The van der Waals surface area contributed by atoms with Gasteiger partial charge in [0.05, 0.1) is 21.3 Å². The van der Waals surface area contributed by atoms with E-state index in [1.807, 2.05) is 18.2 Å². The zero-order valence-electron chi connectivity index (χ0n) is 17.2. The third kappa shape index (κ3) is 4.29. The lowest BCUT2D eigenvalue weighted by Gasteiger charge is -2.12. The molecule has 31 heavy (non-hydrogen) atoms. The number of nitrogens with one attached hydrogen (secondary N) is 1. The summed E-state index contributed by atoms with van der Waals surface area (Å²) in [7, 11) is 4.57. The number of nitrogens with zero attached hydrogens (tertiary/aromatic N) is 4. The zero-order chi connectivity index (χ0) is 21.8. The minimum absolute atomic E-state index is 0.0814. The summed E-state index contributed by atoms with van der Waals surface area (Å²) in [6.45, 7) is 0.462. The van der Waals surface area contributed by atoms with Crippen molar-refractivity contribution in [2.45, 2.75) is 13.1 Å². The topological polar surface area (TPSA) is 119 Å². The van der Waals surface area contributed by atoms with Crippen molar-refractivity contribution in [3.63, 3.8) is 0 Å². The zero-order valence-corrected chi connectivity index (χ0v) is 17.2. The minimum atomic E-state index is -0.258. The molecule has 2 heterocycles. The van der Waals surface area contributed by atoms with Gasteiger partial charge in [0, 0.05) is 12.1 Å². The van der Waals surface area contributed by atoms with Crippen molar-refractivity contribution in [2.24, 2.45) is 0 Å². The van der Waals surface area contributed by atoms with Crippen LogP contribution in [0.3, 0.4) is 0 Å². The summed E-state index contributed by atoms with van der Waals surface area (Å²) >= 11 is 0. The number of methoxy groups -OCH3 is 3. The van der Waals surface area contributed by atoms with Crippen LogP contribution in [0.25, 0.3) is 11.4 Å². The first kappa shape index (κ1) is 20.3. The van der Waals surface area contributed by atoms with E-state index in [9.17, 15) is 4.79 Å². The van der Waals surface area contributed by atoms with Crippen LogP contribution in [-0.4, -0.2) is 54.2 Å². The van der Waals surface area contributed by atoms with E-state index in [4.69, 9.17) is 23.7 Å². The molecule has 0 unspecified atom stereocenters. The lowest BCUT2D eigenvalue weighted by atomic mass is 10.1. The normalized spacial score (nSPS) is 11.8. The Labute approximate surface area is 177 Å². The number of carbonyl (C=O) groups is 1. The Morgan fingerprint density at radius 3 is 2.52 bits per heavy atom. The highest BCUT2D eigenvalue weighted by Gasteiger charge is 2.17. The summed E-state index contributed by atoms with van der Waals surface area (Å²) in [4.78, 5) is 13.5. The molecule has 3 aromatic rings. The van der Waals surface area contributed by atoms with Crippen LogP contribution < -0.4 is 29.0 Å². The van der Waals surface area contributed by atoms with Gasteiger partial charge in [-0.3, -0.25) is 4.79 Å². The number of aromatic nitrogens is 4. The predicted molar refractivity (Wildman–Crippen MR) is 107 cm³/mol. The summed E-state index contributed by atoms with van der Waals surface area (Å²) in [5.41, 5.74) is 1.50. The molecule has 2 aromatic carbocycles. The highest BCUT2D eigenvalue weighted by molar-refractivity contribution is 5.75. The molecule has 0 saturated carbocycles. The van der Waals surface area contributed by atoms with Gasteiger partial charge in [-0.25, -0.2) is 0 Å². The molecular formula is C20H21N5O6. The fourth-order valence-corrected chi connectivity index (χ4v) is 3.07. The molecule has 1 aliphatic heterocycles. The SMILES string of the molecule is COc1cc(-c2nnn(CC(=O)NCc3ccc4c(c3)OCO4)n2)cc(OC)c1OC. The van der Waals surface area contributed by atoms with Crippen molar-refractivity contribution < 1.29 is 28.5 Å². The van der Waals surface area contributed by atoms with Crippen LogP contribution in [0.4, 0.5) is 0 Å². The Balaban J connectivity index is 1.41. The highest BCUT2D eigenvalue weighted by atomic mass is 16.7. The van der Waals surface area contributed by atoms with Gasteiger partial charge < -0.3 is 29.0 Å². The number of benzene rings is 2. The van der Waals surface area contributed by atoms with Crippen molar-refractivity contribution in [3.8, 4) is 40.1 Å². The highest BCUT2D eigenvalue weighted by Crippen LogP contribution is 2.40. The van der Waals surface area contributed by atoms with Gasteiger partial charge in [0.15, 0.2) is 23.0 Å². The summed E-state index contributed by atoms with van der Waals surface area (Å²) < 4.78 is 26.6. The van der Waals surface area contributed by atoms with Crippen molar-refractivity contribution in [3.05, 3.63) is 35.9 Å². The molecule has 1 amide bonds. The summed E-state index contributed by atoms with van der Waals surface area (Å²) in [5.74, 6) is 2.82. The third-order valence-electron chi connectivity index (χ3n) is 4.59. The Kier molecular flexibility index (Phi) is 5.74. The van der Waals surface area contributed by atoms with E-state index in [0.717, 1.165) is 5.56 Å². The average molecular weight is 427 g/mol. The van der Waals surface area contributed by atoms with E-state index in [1.54, 1.807) is 12.1 Å². The molecule has 11 heteroatoms. The van der Waals surface area contributed by atoms with E-state index in [1.165, 1.54) is 26.1 Å². The fourth-order valence-electron chi connectivity index (χ4n) is 3.07. The Hall–Kier alpha value is -4.02. The molecule has 11 nitrogen and oxygen atoms in total. The monoisotopic (exact) mass is 427 g/mol. The van der Waals surface area contributed by atoms with E-state index < -0.39 is 0 Å². The van der Waals surface area contributed by atoms with E-state index in [0.29, 0.717) is 46.7 Å². The molecule has 0 aliphatic carbocycles. The second-order valence-electron chi connectivity index (χ2n) is 6.52. The lowest BCUT2D eigenvalue weighted by Crippen LogP contribution is -2.28. The molecule has 1 aliphatic rings. The summed E-state index contributed by atoms with van der Waals surface area (Å²) in [6, 6.07) is 8.93. The van der Waals surface area contributed by atoms with Gasteiger partial charge in [-0.05, 0) is 35.0 Å². The Morgan fingerprint density at radius 2 is 1.81 bits per heavy atom. The second-order valence-corrected chi connectivity index (χ2v) is 6.52. The molecule has 4 rings (SSSR count). The molecular weight excluding hydrogens is 406 g/mol. The maximum Gasteiger partial charge on any atom is 0.243 e. The molecule has 0 bridgehead atoms. The van der Waals surface area contributed by atoms with Crippen LogP contribution in [0.5, 0.6) is 28.7 Å². The Morgan fingerprint density at radius 1 is 1.06 bits per heavy atom. The molecule has 1 N–H and O–H groups in total. The van der Waals surface area contributed by atoms with Gasteiger partial charge >= 0.3 is 0 Å². The standard InChI is InChI=1S/C20H21N5O6/c1-27-16-7-13(8-17(28-2)19(16)29-3)20-22-24-25(23-20)10-18(26)21-9-12-4-5-14-15(6-12)31-11-30-14/h4-8H,9-11H2,1-3H3,(H,21,26). The van der Waals surface area contributed by atoms with Gasteiger partial charge in [0.25, 0.3) is 0 Å². The van der Waals surface area contributed by atoms with Crippen LogP contribution in [0, 0.1) is 0 Å². The van der Waals surface area contributed by atoms with Crippen molar-refractivity contribution >= 4 is 5.91 Å². The smallest absolute Gasteiger partial charge is 0.243 e. The van der Waals surface area contributed by atoms with E-state index in [-0.39, 0.29) is 19.2 Å². The van der Waals surface area contributed by atoms with Crippen LogP contribution >= 0.6 is 0 Å². The van der Waals surface area contributed by atoms with Gasteiger partial charge in [0.1, 0.15) is 6.54 Å². The number of ether oxygens (including phenoxy) is 5. The number of tetrazole rings is 1. The number of fused-ring (bicyclic) bond motifs is 1. The maximum absolute atomic E-state index is 12.3. The molecule has 0 fully saturated rings. The molecule has 0 radical (unpaired) electrons. The largest absolute Gasteiger partial charge is 0.493 e. The number of hydrogen-bond acceptors (Lipinski definition) is 9. The molecule has 0 atom stereocenters. The fraction of sp³-hybridized carbons (Fsp3) is 0.300. The minimum Gasteiger partial charge on any atom is -0.493 e. The third-order valence-corrected chi connectivity index (χ3v) is 4.59. The van der Waals surface area contributed by atoms with Crippen molar-refractivity contribution in [2.75, 3.05) is 28.1 Å². The van der Waals surface area contributed by atoms with Crippen molar-refractivity contribution in [1.29, 1.82) is 0 Å². The van der Waals surface area contributed by atoms with Crippen LogP contribution in [0.15, 0.2) is 30.3 Å². The second kappa shape index (κ2) is 8.78. The van der Waals surface area contributed by atoms with E-state index >= 15 is 0 Å². The summed E-state index contributed by atoms with van der Waals surface area (Å²) in [6.07, 6.45) is 0. The number of carbonyl (C=O) groups excluding carboxylic acids is 1. The van der Waals surface area contributed by atoms with Crippen molar-refractivity contribution in [1.82, 2.24) is 25.5 Å². The maximum atomic E-state index is 12.3. The quantitative estimate of drug-likeness (QED) is 0.569. The molecule has 0 saturated heterocycles. The summed E-state index contributed by atoms with van der Waals surface area (Å²) in [5, 5.41) is 15.1. The molecule has 1 aromatic heterocycles. The first-order valence-electron chi connectivity index (χ1n) is 9.34. The number of hydrogen-bond donors (Lipinski definition) is 1. The van der Waals surface area contributed by atoms with Gasteiger partial charge in [0.2, 0.25) is 24.3 Å². The van der Waals surface area contributed by atoms with Gasteiger partial charge in [-0.2, -0.15) is 4.80 Å². The average Bonchev–Trinajstić information content (AvgIpc) is 3.45. The number of rotatable bonds is 8. The predicted octanol–water partition coefficient (Wildman–Crippen LogP) is 1.41. The first-order valence-corrected chi connectivity index (χ1v) is 9.34. The van der Waals surface area contributed by atoms with Gasteiger partial charge in [-0.15, -0.1) is 10.2 Å². The number of amides is 1. The first-order chi connectivity index (χ1) is 15.1.